The Morgan fingerprint density at radius 2 is 1.24 bits per heavy atom. The molecular formula is C14H22O7. The number of hydrogen-bond acceptors (Lipinski definition) is 7. The van der Waals surface area contributed by atoms with Gasteiger partial charge in [-0.1, -0.05) is 6.92 Å². The standard InChI is InChI=1S/C14H22O7/c1-5-10(15)14(13(18)21-4,8-6-11(16)19-2)9-7-12(17)20-3/h5-9H2,1-4H3. The number of ketones is 1. The van der Waals surface area contributed by atoms with E-state index in [2.05, 4.69) is 9.47 Å². The summed E-state index contributed by atoms with van der Waals surface area (Å²) in [6.45, 7) is 1.61. The Bertz CT molecular complexity index is 362. The Hall–Kier alpha value is -1.92. The third kappa shape index (κ3) is 5.17. The van der Waals surface area contributed by atoms with Gasteiger partial charge in [0.2, 0.25) is 0 Å². The van der Waals surface area contributed by atoms with Gasteiger partial charge in [-0.2, -0.15) is 0 Å². The lowest BCUT2D eigenvalue weighted by Gasteiger charge is -2.28. The summed E-state index contributed by atoms with van der Waals surface area (Å²) >= 11 is 0. The van der Waals surface area contributed by atoms with Crippen molar-refractivity contribution in [3.8, 4) is 0 Å². The van der Waals surface area contributed by atoms with Crippen molar-refractivity contribution in [2.24, 2.45) is 5.41 Å². The van der Waals surface area contributed by atoms with E-state index in [1.165, 1.54) is 14.2 Å². The second kappa shape index (κ2) is 9.10. The van der Waals surface area contributed by atoms with E-state index in [1.807, 2.05) is 0 Å². The molecule has 0 saturated carbocycles. The zero-order valence-corrected chi connectivity index (χ0v) is 12.9. The number of rotatable bonds is 9. The summed E-state index contributed by atoms with van der Waals surface area (Å²) in [7, 11) is 3.60. The van der Waals surface area contributed by atoms with E-state index >= 15 is 0 Å². The van der Waals surface area contributed by atoms with Crippen molar-refractivity contribution in [1.82, 2.24) is 0 Å². The SMILES string of the molecule is CCC(=O)C(CCC(=O)OC)(CCC(=O)OC)C(=O)OC. The molecule has 0 rings (SSSR count). The predicted octanol–water partition coefficient (Wildman–Crippen LogP) is 1.03. The van der Waals surface area contributed by atoms with E-state index in [0.29, 0.717) is 0 Å². The molecule has 7 nitrogen and oxygen atoms in total. The van der Waals surface area contributed by atoms with E-state index in [4.69, 9.17) is 4.74 Å². The van der Waals surface area contributed by atoms with Crippen LogP contribution in [0.5, 0.6) is 0 Å². The molecule has 0 radical (unpaired) electrons. The zero-order valence-electron chi connectivity index (χ0n) is 12.9. The van der Waals surface area contributed by atoms with Crippen molar-refractivity contribution >= 4 is 23.7 Å². The van der Waals surface area contributed by atoms with Crippen LogP contribution in [0.2, 0.25) is 0 Å². The maximum Gasteiger partial charge on any atom is 0.319 e. The van der Waals surface area contributed by atoms with Crippen LogP contribution in [0.3, 0.4) is 0 Å². The van der Waals surface area contributed by atoms with Gasteiger partial charge in [0.05, 0.1) is 21.3 Å². The first-order valence-electron chi connectivity index (χ1n) is 6.63. The fourth-order valence-corrected chi connectivity index (χ4v) is 2.09. The van der Waals surface area contributed by atoms with Crippen LogP contribution in [0.15, 0.2) is 0 Å². The van der Waals surface area contributed by atoms with Gasteiger partial charge in [0, 0.05) is 19.3 Å². The van der Waals surface area contributed by atoms with Crippen molar-refractivity contribution in [3.63, 3.8) is 0 Å². The molecule has 21 heavy (non-hydrogen) atoms. The van der Waals surface area contributed by atoms with Gasteiger partial charge >= 0.3 is 17.9 Å². The van der Waals surface area contributed by atoms with Crippen LogP contribution in [0.4, 0.5) is 0 Å². The van der Waals surface area contributed by atoms with Gasteiger partial charge in [-0.05, 0) is 12.8 Å². The molecule has 0 fully saturated rings. The summed E-state index contributed by atoms with van der Waals surface area (Å²) in [5.41, 5.74) is -1.52. The fourth-order valence-electron chi connectivity index (χ4n) is 2.09. The molecule has 0 aromatic carbocycles. The van der Waals surface area contributed by atoms with E-state index in [-0.39, 0.29) is 37.9 Å². The monoisotopic (exact) mass is 302 g/mol. The second-order valence-corrected chi connectivity index (χ2v) is 4.50. The number of carbonyl (C=O) groups is 4. The fraction of sp³-hybridized carbons (Fsp3) is 0.714. The van der Waals surface area contributed by atoms with Crippen LogP contribution in [0, 0.1) is 5.41 Å². The molecule has 0 heterocycles. The molecular weight excluding hydrogens is 280 g/mol. The first kappa shape index (κ1) is 19.1. The minimum Gasteiger partial charge on any atom is -0.469 e. The summed E-state index contributed by atoms with van der Waals surface area (Å²) in [6.07, 6.45) is -0.250. The van der Waals surface area contributed by atoms with Gasteiger partial charge in [0.1, 0.15) is 11.2 Å². The number of methoxy groups -OCH3 is 3. The van der Waals surface area contributed by atoms with Gasteiger partial charge in [0.15, 0.2) is 0 Å². The summed E-state index contributed by atoms with van der Waals surface area (Å²) < 4.78 is 13.8. The third-order valence-electron chi connectivity index (χ3n) is 3.40. The van der Waals surface area contributed by atoms with E-state index in [9.17, 15) is 19.2 Å². The van der Waals surface area contributed by atoms with E-state index in [0.717, 1.165) is 7.11 Å². The Morgan fingerprint density at radius 1 is 0.810 bits per heavy atom. The molecule has 0 aliphatic rings. The summed E-state index contributed by atoms with van der Waals surface area (Å²) in [6, 6.07) is 0. The molecule has 0 aliphatic carbocycles. The van der Waals surface area contributed by atoms with Crippen LogP contribution in [-0.4, -0.2) is 45.0 Å². The highest BCUT2D eigenvalue weighted by Crippen LogP contribution is 2.34. The Labute approximate surface area is 123 Å². The van der Waals surface area contributed by atoms with Gasteiger partial charge in [-0.25, -0.2) is 0 Å². The minimum atomic E-state index is -1.52. The van der Waals surface area contributed by atoms with Crippen molar-refractivity contribution < 1.29 is 33.4 Å². The number of hydrogen-bond donors (Lipinski definition) is 0. The van der Waals surface area contributed by atoms with Crippen LogP contribution < -0.4 is 0 Å². The maximum absolute atomic E-state index is 12.2. The van der Waals surface area contributed by atoms with Crippen LogP contribution in [0.1, 0.15) is 39.0 Å². The van der Waals surface area contributed by atoms with E-state index in [1.54, 1.807) is 6.92 Å². The molecule has 0 aromatic rings. The molecule has 0 aromatic heterocycles. The molecule has 7 heteroatoms. The molecule has 120 valence electrons. The largest absolute Gasteiger partial charge is 0.469 e. The number of ether oxygens (including phenoxy) is 3. The molecule has 0 bridgehead atoms. The van der Waals surface area contributed by atoms with Gasteiger partial charge in [-0.15, -0.1) is 0 Å². The van der Waals surface area contributed by atoms with Crippen LogP contribution in [0.25, 0.3) is 0 Å². The number of esters is 3. The normalized spacial score (nSPS) is 10.7. The van der Waals surface area contributed by atoms with Gasteiger partial charge in [0.25, 0.3) is 0 Å². The Balaban J connectivity index is 5.31. The predicted molar refractivity (Wildman–Crippen MR) is 72.2 cm³/mol. The molecule has 0 unspecified atom stereocenters. The second-order valence-electron chi connectivity index (χ2n) is 4.50. The summed E-state index contributed by atoms with van der Waals surface area (Å²) in [4.78, 5) is 46.9. The molecule has 0 N–H and O–H groups in total. The first-order valence-corrected chi connectivity index (χ1v) is 6.63. The number of Topliss-reactive ketones (excluding diaryl/α,β-unsaturated/α-hetero) is 1. The average molecular weight is 302 g/mol. The van der Waals surface area contributed by atoms with Crippen LogP contribution in [-0.2, 0) is 33.4 Å². The Morgan fingerprint density at radius 3 is 1.52 bits per heavy atom. The van der Waals surface area contributed by atoms with Crippen molar-refractivity contribution in [2.75, 3.05) is 21.3 Å². The minimum absolute atomic E-state index is 0.0595. The van der Waals surface area contributed by atoms with Crippen molar-refractivity contribution in [2.45, 2.75) is 39.0 Å². The summed E-state index contributed by atoms with van der Waals surface area (Å²) in [5.74, 6) is -2.19. The molecule has 0 amide bonds. The smallest absolute Gasteiger partial charge is 0.319 e. The van der Waals surface area contributed by atoms with Crippen molar-refractivity contribution in [3.05, 3.63) is 0 Å². The third-order valence-corrected chi connectivity index (χ3v) is 3.40. The Kier molecular flexibility index (Phi) is 8.26. The zero-order chi connectivity index (χ0) is 16.5. The highest BCUT2D eigenvalue weighted by molar-refractivity contribution is 6.04. The van der Waals surface area contributed by atoms with Gasteiger partial charge in [-0.3, -0.25) is 19.2 Å². The lowest BCUT2D eigenvalue weighted by molar-refractivity contribution is -0.160. The summed E-state index contributed by atoms with van der Waals surface area (Å²) in [5, 5.41) is 0. The first-order chi connectivity index (χ1) is 9.87. The van der Waals surface area contributed by atoms with Crippen molar-refractivity contribution in [1.29, 1.82) is 0 Å². The molecule has 0 spiro atoms. The quantitative estimate of drug-likeness (QED) is 0.356. The highest BCUT2D eigenvalue weighted by atomic mass is 16.5. The highest BCUT2D eigenvalue weighted by Gasteiger charge is 2.45. The molecule has 0 aliphatic heterocycles. The molecule has 0 saturated heterocycles. The number of carbonyl (C=O) groups excluding carboxylic acids is 4. The maximum atomic E-state index is 12.2. The average Bonchev–Trinajstić information content (AvgIpc) is 2.52. The lowest BCUT2D eigenvalue weighted by Crippen LogP contribution is -2.41. The van der Waals surface area contributed by atoms with E-state index < -0.39 is 23.3 Å². The van der Waals surface area contributed by atoms with Gasteiger partial charge < -0.3 is 14.2 Å². The topological polar surface area (TPSA) is 96.0 Å². The lowest BCUT2D eigenvalue weighted by atomic mass is 9.74. The van der Waals surface area contributed by atoms with Crippen LogP contribution >= 0.6 is 0 Å². The molecule has 0 atom stereocenters.